The number of hydrogen-bond acceptors (Lipinski definition) is 5. The predicted molar refractivity (Wildman–Crippen MR) is 118 cm³/mol. The fourth-order valence-corrected chi connectivity index (χ4v) is 2.62. The molecular formula is C20H34N4O3S. The van der Waals surface area contributed by atoms with E-state index < -0.39 is 0 Å². The van der Waals surface area contributed by atoms with Crippen LogP contribution in [0.25, 0.3) is 0 Å². The van der Waals surface area contributed by atoms with Crippen LogP contribution >= 0.6 is 11.8 Å². The van der Waals surface area contributed by atoms with Crippen LogP contribution in [0.1, 0.15) is 19.4 Å². The maximum absolute atomic E-state index is 11.8. The lowest BCUT2D eigenvalue weighted by atomic mass is 10.1. The molecule has 7 nitrogen and oxygen atoms in total. The van der Waals surface area contributed by atoms with Crippen LogP contribution in [0.4, 0.5) is 0 Å². The molecule has 1 amide bonds. The number of carbonyl (C=O) groups is 1. The summed E-state index contributed by atoms with van der Waals surface area (Å²) >= 11 is 1.76. The minimum Gasteiger partial charge on any atom is -0.490 e. The molecule has 0 saturated carbocycles. The minimum absolute atomic E-state index is 0.0289. The molecular weight excluding hydrogens is 376 g/mol. The van der Waals surface area contributed by atoms with Crippen LogP contribution in [0, 0.1) is 0 Å². The normalized spacial score (nSPS) is 11.1. The fourth-order valence-electron chi connectivity index (χ4n) is 2.31. The van der Waals surface area contributed by atoms with Crippen LogP contribution in [0.2, 0.25) is 0 Å². The lowest BCUT2D eigenvalue weighted by Gasteiger charge is -2.15. The summed E-state index contributed by atoms with van der Waals surface area (Å²) in [7, 11) is 3.46. The largest absolute Gasteiger partial charge is 0.490 e. The van der Waals surface area contributed by atoms with Crippen LogP contribution < -0.4 is 20.1 Å². The first-order valence-electron chi connectivity index (χ1n) is 9.61. The monoisotopic (exact) mass is 410 g/mol. The highest BCUT2D eigenvalue weighted by Gasteiger charge is 2.07. The zero-order valence-electron chi connectivity index (χ0n) is 17.7. The molecule has 0 bridgehead atoms. The highest BCUT2D eigenvalue weighted by atomic mass is 32.2. The Morgan fingerprint density at radius 3 is 2.43 bits per heavy atom. The van der Waals surface area contributed by atoms with Crippen molar-refractivity contribution >= 4 is 23.6 Å². The molecule has 1 aromatic rings. The van der Waals surface area contributed by atoms with Crippen molar-refractivity contribution in [2.75, 3.05) is 59.0 Å². The molecule has 0 unspecified atom stereocenters. The molecule has 0 atom stereocenters. The molecule has 0 radical (unpaired) electrons. The minimum atomic E-state index is -0.0289. The van der Waals surface area contributed by atoms with Gasteiger partial charge in [0.25, 0.3) is 0 Å². The van der Waals surface area contributed by atoms with Crippen molar-refractivity contribution in [1.29, 1.82) is 0 Å². The number of guanidine groups is 1. The Morgan fingerprint density at radius 1 is 1.11 bits per heavy atom. The summed E-state index contributed by atoms with van der Waals surface area (Å²) < 4.78 is 11.3. The van der Waals surface area contributed by atoms with E-state index in [1.165, 1.54) is 4.90 Å². The van der Waals surface area contributed by atoms with Gasteiger partial charge in [0.1, 0.15) is 6.54 Å². The molecule has 158 valence electrons. The number of nitrogens with zero attached hydrogens (tertiary/aromatic N) is 2. The number of carbonyl (C=O) groups excluding carboxylic acids is 1. The summed E-state index contributed by atoms with van der Waals surface area (Å²) in [6.07, 6.45) is 2.86. The van der Waals surface area contributed by atoms with E-state index in [0.717, 1.165) is 35.8 Å². The van der Waals surface area contributed by atoms with Crippen molar-refractivity contribution in [1.82, 2.24) is 15.5 Å². The van der Waals surface area contributed by atoms with E-state index in [0.29, 0.717) is 25.7 Å². The number of thioether (sulfide) groups is 1. The molecule has 0 aliphatic carbocycles. The van der Waals surface area contributed by atoms with Gasteiger partial charge in [-0.3, -0.25) is 4.79 Å². The van der Waals surface area contributed by atoms with Crippen LogP contribution in [-0.2, 0) is 11.2 Å². The molecule has 2 N–H and O–H groups in total. The quantitative estimate of drug-likeness (QED) is 0.312. The van der Waals surface area contributed by atoms with Crippen molar-refractivity contribution in [2.45, 2.75) is 20.3 Å². The van der Waals surface area contributed by atoms with E-state index in [1.54, 1.807) is 25.9 Å². The third-order valence-corrected chi connectivity index (χ3v) is 4.40. The van der Waals surface area contributed by atoms with Gasteiger partial charge < -0.3 is 25.0 Å². The van der Waals surface area contributed by atoms with E-state index in [-0.39, 0.29) is 12.5 Å². The van der Waals surface area contributed by atoms with Crippen molar-refractivity contribution in [3.63, 3.8) is 0 Å². The Balaban J connectivity index is 2.67. The number of aliphatic imine (C=N–C) groups is 1. The molecule has 0 heterocycles. The number of nitrogens with one attached hydrogen (secondary N) is 2. The van der Waals surface area contributed by atoms with Gasteiger partial charge in [-0.15, -0.1) is 0 Å². The molecule has 0 aliphatic rings. The smallest absolute Gasteiger partial charge is 0.243 e. The fraction of sp³-hybridized carbons (Fsp3) is 0.600. The lowest BCUT2D eigenvalue weighted by Crippen LogP contribution is -2.40. The third kappa shape index (κ3) is 9.21. The molecule has 0 fully saturated rings. The first kappa shape index (κ1) is 23.9. The molecule has 0 spiro atoms. The van der Waals surface area contributed by atoms with E-state index in [1.807, 2.05) is 32.0 Å². The lowest BCUT2D eigenvalue weighted by molar-refractivity contribution is -0.127. The Morgan fingerprint density at radius 2 is 1.79 bits per heavy atom. The van der Waals surface area contributed by atoms with Gasteiger partial charge in [0.15, 0.2) is 17.5 Å². The van der Waals surface area contributed by atoms with Crippen molar-refractivity contribution in [3.05, 3.63) is 23.8 Å². The van der Waals surface area contributed by atoms with Crippen LogP contribution in [0.15, 0.2) is 23.2 Å². The Labute approximate surface area is 173 Å². The first-order chi connectivity index (χ1) is 13.5. The second kappa shape index (κ2) is 14.0. The Bertz CT molecular complexity index is 623. The van der Waals surface area contributed by atoms with E-state index in [4.69, 9.17) is 9.47 Å². The zero-order valence-corrected chi connectivity index (χ0v) is 18.5. The number of rotatable bonds is 12. The van der Waals surface area contributed by atoms with Gasteiger partial charge in [-0.05, 0) is 44.2 Å². The van der Waals surface area contributed by atoms with E-state index in [9.17, 15) is 4.79 Å². The van der Waals surface area contributed by atoms with E-state index in [2.05, 4.69) is 21.9 Å². The summed E-state index contributed by atoms with van der Waals surface area (Å²) in [4.78, 5) is 17.7. The number of benzene rings is 1. The highest BCUT2D eigenvalue weighted by molar-refractivity contribution is 7.98. The van der Waals surface area contributed by atoms with Gasteiger partial charge in [0.2, 0.25) is 5.91 Å². The average molecular weight is 411 g/mol. The van der Waals surface area contributed by atoms with Crippen molar-refractivity contribution < 1.29 is 14.3 Å². The Kier molecular flexibility index (Phi) is 12.0. The summed E-state index contributed by atoms with van der Waals surface area (Å²) in [5.74, 6) is 3.13. The number of ether oxygens (including phenoxy) is 2. The summed E-state index contributed by atoms with van der Waals surface area (Å²) in [6, 6.07) is 6.01. The topological polar surface area (TPSA) is 75.2 Å². The predicted octanol–water partition coefficient (Wildman–Crippen LogP) is 2.01. The second-order valence-electron chi connectivity index (χ2n) is 6.20. The number of amides is 1. The molecule has 0 saturated heterocycles. The van der Waals surface area contributed by atoms with Gasteiger partial charge >= 0.3 is 0 Å². The summed E-state index contributed by atoms with van der Waals surface area (Å²) in [5.41, 5.74) is 1.15. The summed E-state index contributed by atoms with van der Waals surface area (Å²) in [5, 5.41) is 6.56. The van der Waals surface area contributed by atoms with Crippen LogP contribution in [-0.4, -0.2) is 75.7 Å². The van der Waals surface area contributed by atoms with Crippen molar-refractivity contribution in [3.8, 4) is 11.5 Å². The van der Waals surface area contributed by atoms with Gasteiger partial charge in [0.05, 0.1) is 13.2 Å². The number of likely N-dealkylation sites (N-methyl/N-ethyl adjacent to an activating group) is 1. The Hall–Kier alpha value is -2.09. The van der Waals surface area contributed by atoms with Gasteiger partial charge in [-0.25, -0.2) is 4.99 Å². The zero-order chi connectivity index (χ0) is 20.8. The number of hydrogen-bond donors (Lipinski definition) is 2. The third-order valence-electron chi connectivity index (χ3n) is 3.78. The SMILES string of the molecule is CCOc1ccc(CCNC(=NCC(=O)N(C)C)NCCSC)cc1OCC. The molecule has 0 aromatic heterocycles. The molecule has 1 rings (SSSR count). The second-order valence-corrected chi connectivity index (χ2v) is 7.18. The van der Waals surface area contributed by atoms with Crippen LogP contribution in [0.5, 0.6) is 11.5 Å². The molecule has 28 heavy (non-hydrogen) atoms. The maximum atomic E-state index is 11.8. The molecule has 1 aromatic carbocycles. The van der Waals surface area contributed by atoms with Gasteiger partial charge in [0, 0.05) is 32.9 Å². The van der Waals surface area contributed by atoms with Crippen molar-refractivity contribution in [2.24, 2.45) is 4.99 Å². The van der Waals surface area contributed by atoms with E-state index >= 15 is 0 Å². The van der Waals surface area contributed by atoms with Crippen LogP contribution in [0.3, 0.4) is 0 Å². The first-order valence-corrected chi connectivity index (χ1v) is 11.0. The standard InChI is InChI=1S/C20H34N4O3S/c1-6-26-17-9-8-16(14-18(17)27-7-2)10-11-21-20(22-12-13-28-5)23-15-19(25)24(3)4/h8-9,14H,6-7,10-13,15H2,1-5H3,(H2,21,22,23). The maximum Gasteiger partial charge on any atom is 0.243 e. The van der Waals surface area contributed by atoms with Gasteiger partial charge in [-0.1, -0.05) is 6.07 Å². The molecule has 0 aliphatic heterocycles. The summed E-state index contributed by atoms with van der Waals surface area (Å²) in [6.45, 7) is 6.73. The highest BCUT2D eigenvalue weighted by Crippen LogP contribution is 2.28. The van der Waals surface area contributed by atoms with Gasteiger partial charge in [-0.2, -0.15) is 11.8 Å². The molecule has 8 heteroatoms. The average Bonchev–Trinajstić information content (AvgIpc) is 2.67.